The van der Waals surface area contributed by atoms with Gasteiger partial charge in [-0.15, -0.1) is 0 Å². The van der Waals surface area contributed by atoms with E-state index in [2.05, 4.69) is 10.0 Å². The maximum atomic E-state index is 12.6. The number of ether oxygens (including phenoxy) is 3. The number of carbonyl (C=O) groups excluding carboxylic acids is 1. The third kappa shape index (κ3) is 5.40. The van der Waals surface area contributed by atoms with E-state index in [-0.39, 0.29) is 24.9 Å². The molecule has 0 unspecified atom stereocenters. The number of carbonyl (C=O) groups is 1. The number of fused-ring (bicyclic) bond motifs is 3. The van der Waals surface area contributed by atoms with Crippen molar-refractivity contribution in [2.75, 3.05) is 24.7 Å². The highest BCUT2D eigenvalue weighted by atomic mass is 32.2. The Hall–Kier alpha value is -2.82. The summed E-state index contributed by atoms with van der Waals surface area (Å²) in [6.07, 6.45) is 0.336. The van der Waals surface area contributed by atoms with E-state index in [4.69, 9.17) is 14.2 Å². The molecule has 2 aliphatic rings. The van der Waals surface area contributed by atoms with Gasteiger partial charge in [0, 0.05) is 29.3 Å². The van der Waals surface area contributed by atoms with E-state index in [1.54, 1.807) is 25.3 Å². The summed E-state index contributed by atoms with van der Waals surface area (Å²) in [6.45, 7) is 0.0838. The summed E-state index contributed by atoms with van der Waals surface area (Å²) in [5, 5.41) is 12.8. The molecule has 3 N–H and O–H groups in total. The SMILES string of the molecule is COc1ccccc1CNC(=O)C[C@@H]1C[C@@H]2c3cc(NS(C)(=O)=O)ccc3O[C@@H]2[C@H](CO)O1. The van der Waals surface area contributed by atoms with Crippen molar-refractivity contribution >= 4 is 21.6 Å². The number of aliphatic hydroxyl groups excluding tert-OH is 1. The number of amides is 1. The maximum Gasteiger partial charge on any atom is 0.229 e. The third-order valence-corrected chi connectivity index (χ3v) is 6.49. The number of para-hydroxylation sites is 1. The van der Waals surface area contributed by atoms with Crippen LogP contribution in [0.1, 0.15) is 29.9 Å². The Kier molecular flexibility index (Phi) is 6.78. The first kappa shape index (κ1) is 23.3. The molecule has 4 rings (SSSR count). The van der Waals surface area contributed by atoms with Crippen molar-refractivity contribution in [1.82, 2.24) is 5.32 Å². The standard InChI is InChI=1S/C23H28N2O7S/c1-30-19-6-4-3-5-14(19)12-24-22(27)11-16-10-18-17-9-15(25-33(2,28)29)7-8-20(17)32-23(18)21(13-26)31-16/h3-9,16,18,21,23,25-26H,10-13H2,1-2H3,(H,24,27)/t16-,18+,21-,23-/m0/s1. The number of hydrogen-bond acceptors (Lipinski definition) is 7. The minimum atomic E-state index is -3.42. The lowest BCUT2D eigenvalue weighted by atomic mass is 9.84. The Bertz CT molecular complexity index is 1120. The summed E-state index contributed by atoms with van der Waals surface area (Å²) in [4.78, 5) is 12.6. The van der Waals surface area contributed by atoms with Gasteiger partial charge in [-0.1, -0.05) is 18.2 Å². The zero-order chi connectivity index (χ0) is 23.6. The Morgan fingerprint density at radius 2 is 2.03 bits per heavy atom. The smallest absolute Gasteiger partial charge is 0.229 e. The number of rotatable bonds is 8. The van der Waals surface area contributed by atoms with Crippen LogP contribution in [-0.2, 0) is 26.1 Å². The lowest BCUT2D eigenvalue weighted by molar-refractivity contribution is -0.142. The molecule has 4 atom stereocenters. The highest BCUT2D eigenvalue weighted by molar-refractivity contribution is 7.92. The van der Waals surface area contributed by atoms with E-state index in [0.29, 0.717) is 30.2 Å². The first-order valence-corrected chi connectivity index (χ1v) is 12.6. The van der Waals surface area contributed by atoms with Crippen molar-refractivity contribution in [2.24, 2.45) is 0 Å². The molecular formula is C23H28N2O7S. The maximum absolute atomic E-state index is 12.6. The molecule has 1 amide bonds. The van der Waals surface area contributed by atoms with Crippen LogP contribution >= 0.6 is 0 Å². The molecule has 1 saturated heterocycles. The van der Waals surface area contributed by atoms with Crippen molar-refractivity contribution in [1.29, 1.82) is 0 Å². The van der Waals surface area contributed by atoms with E-state index < -0.39 is 28.3 Å². The van der Waals surface area contributed by atoms with Crippen LogP contribution < -0.4 is 19.5 Å². The molecule has 2 aromatic carbocycles. The molecule has 9 nitrogen and oxygen atoms in total. The molecule has 178 valence electrons. The van der Waals surface area contributed by atoms with Crippen LogP contribution in [0.3, 0.4) is 0 Å². The summed E-state index contributed by atoms with van der Waals surface area (Å²) in [7, 11) is -1.83. The molecule has 0 aliphatic carbocycles. The Balaban J connectivity index is 1.44. The minimum Gasteiger partial charge on any atom is -0.496 e. The predicted octanol–water partition coefficient (Wildman–Crippen LogP) is 1.77. The second-order valence-electron chi connectivity index (χ2n) is 8.32. The van der Waals surface area contributed by atoms with Gasteiger partial charge >= 0.3 is 0 Å². The fraction of sp³-hybridized carbons (Fsp3) is 0.435. The van der Waals surface area contributed by atoms with E-state index >= 15 is 0 Å². The average molecular weight is 477 g/mol. The normalized spacial score (nSPS) is 23.7. The van der Waals surface area contributed by atoms with Crippen LogP contribution in [-0.4, -0.2) is 57.7 Å². The van der Waals surface area contributed by atoms with Crippen LogP contribution in [0.5, 0.6) is 11.5 Å². The van der Waals surface area contributed by atoms with E-state index in [1.807, 2.05) is 24.3 Å². The van der Waals surface area contributed by atoms with Gasteiger partial charge in [0.1, 0.15) is 23.7 Å². The van der Waals surface area contributed by atoms with E-state index in [1.165, 1.54) is 0 Å². The van der Waals surface area contributed by atoms with Gasteiger partial charge in [0.2, 0.25) is 15.9 Å². The molecule has 0 aromatic heterocycles. The molecule has 33 heavy (non-hydrogen) atoms. The van der Waals surface area contributed by atoms with Gasteiger partial charge in [0.15, 0.2) is 0 Å². The monoisotopic (exact) mass is 476 g/mol. The summed E-state index contributed by atoms with van der Waals surface area (Å²) in [6, 6.07) is 12.6. The molecule has 0 bridgehead atoms. The lowest BCUT2D eigenvalue weighted by Crippen LogP contribution is -2.47. The number of methoxy groups -OCH3 is 1. The first-order valence-electron chi connectivity index (χ1n) is 10.7. The quantitative estimate of drug-likeness (QED) is 0.531. The summed E-state index contributed by atoms with van der Waals surface area (Å²) in [5.74, 6) is 1.03. The topological polar surface area (TPSA) is 123 Å². The van der Waals surface area contributed by atoms with Crippen molar-refractivity contribution in [3.63, 3.8) is 0 Å². The molecule has 2 aliphatic heterocycles. The van der Waals surface area contributed by atoms with E-state index in [9.17, 15) is 18.3 Å². The molecular weight excluding hydrogens is 448 g/mol. The molecule has 0 saturated carbocycles. The molecule has 0 spiro atoms. The van der Waals surface area contributed by atoms with Crippen LogP contribution in [0.25, 0.3) is 0 Å². The second kappa shape index (κ2) is 9.58. The summed E-state index contributed by atoms with van der Waals surface area (Å²) >= 11 is 0. The van der Waals surface area contributed by atoms with Gasteiger partial charge in [-0.05, 0) is 30.7 Å². The number of anilines is 1. The fourth-order valence-corrected chi connectivity index (χ4v) is 5.04. The Morgan fingerprint density at radius 3 is 2.76 bits per heavy atom. The predicted molar refractivity (Wildman–Crippen MR) is 122 cm³/mol. The Morgan fingerprint density at radius 1 is 1.24 bits per heavy atom. The zero-order valence-electron chi connectivity index (χ0n) is 18.5. The molecule has 10 heteroatoms. The van der Waals surface area contributed by atoms with Crippen molar-refractivity contribution in [2.45, 2.75) is 43.6 Å². The van der Waals surface area contributed by atoms with Gasteiger partial charge in [-0.3, -0.25) is 9.52 Å². The largest absolute Gasteiger partial charge is 0.496 e. The third-order valence-electron chi connectivity index (χ3n) is 5.88. The average Bonchev–Trinajstić information content (AvgIpc) is 3.14. The lowest BCUT2D eigenvalue weighted by Gasteiger charge is -2.37. The number of sulfonamides is 1. The molecule has 2 heterocycles. The van der Waals surface area contributed by atoms with Crippen molar-refractivity contribution in [3.05, 3.63) is 53.6 Å². The summed E-state index contributed by atoms with van der Waals surface area (Å²) < 4.78 is 43.0. The van der Waals surface area contributed by atoms with Crippen LogP contribution in [0.4, 0.5) is 5.69 Å². The summed E-state index contributed by atoms with van der Waals surface area (Å²) in [5.41, 5.74) is 2.16. The molecule has 1 fully saturated rings. The van der Waals surface area contributed by atoms with Gasteiger partial charge in [-0.2, -0.15) is 0 Å². The highest BCUT2D eigenvalue weighted by Gasteiger charge is 2.46. The molecule has 0 radical (unpaired) electrons. The number of nitrogens with one attached hydrogen (secondary N) is 2. The second-order valence-corrected chi connectivity index (χ2v) is 10.1. The van der Waals surface area contributed by atoms with Gasteiger partial charge < -0.3 is 24.6 Å². The van der Waals surface area contributed by atoms with Gasteiger partial charge in [0.05, 0.1) is 32.5 Å². The number of benzene rings is 2. The van der Waals surface area contributed by atoms with E-state index in [0.717, 1.165) is 17.4 Å². The van der Waals surface area contributed by atoms with Crippen LogP contribution in [0, 0.1) is 0 Å². The fourth-order valence-electron chi connectivity index (χ4n) is 4.49. The van der Waals surface area contributed by atoms with Crippen molar-refractivity contribution in [3.8, 4) is 11.5 Å². The minimum absolute atomic E-state index is 0.126. The van der Waals surface area contributed by atoms with Crippen molar-refractivity contribution < 1.29 is 32.5 Å². The van der Waals surface area contributed by atoms with Gasteiger partial charge in [0.25, 0.3) is 0 Å². The number of aliphatic hydroxyl groups is 1. The van der Waals surface area contributed by atoms with Crippen LogP contribution in [0.2, 0.25) is 0 Å². The first-order chi connectivity index (χ1) is 15.8. The van der Waals surface area contributed by atoms with Gasteiger partial charge in [-0.25, -0.2) is 8.42 Å². The highest BCUT2D eigenvalue weighted by Crippen LogP contribution is 2.47. The molecule has 2 aromatic rings. The van der Waals surface area contributed by atoms with Crippen LogP contribution in [0.15, 0.2) is 42.5 Å². The Labute approximate surface area is 193 Å². The number of hydrogen-bond donors (Lipinski definition) is 3. The zero-order valence-corrected chi connectivity index (χ0v) is 19.3.